The Morgan fingerprint density at radius 1 is 1.08 bits per heavy atom. The van der Waals surface area contributed by atoms with E-state index in [0.29, 0.717) is 17.5 Å². The number of carbonyl (C=O) groups excluding carboxylic acids is 1. The molecule has 2 fully saturated rings. The highest BCUT2D eigenvalue weighted by Gasteiger charge is 2.38. The summed E-state index contributed by atoms with van der Waals surface area (Å²) >= 11 is 0. The molecule has 0 spiro atoms. The summed E-state index contributed by atoms with van der Waals surface area (Å²) in [6, 6.07) is 16.6. The molecule has 0 bridgehead atoms. The summed E-state index contributed by atoms with van der Waals surface area (Å²) in [6.45, 7) is 1.18. The van der Waals surface area contributed by atoms with Crippen LogP contribution in [0.5, 0.6) is 0 Å². The van der Waals surface area contributed by atoms with Crippen molar-refractivity contribution in [3.63, 3.8) is 0 Å². The number of rotatable bonds is 6. The Kier molecular flexibility index (Phi) is 3.79. The lowest BCUT2D eigenvalue weighted by molar-refractivity contribution is 0.102. The van der Waals surface area contributed by atoms with Gasteiger partial charge >= 0.3 is 0 Å². The fourth-order valence-electron chi connectivity index (χ4n) is 3.64. The Labute approximate surface area is 153 Å². The first kappa shape index (κ1) is 15.6. The summed E-state index contributed by atoms with van der Waals surface area (Å²) < 4.78 is 0. The summed E-state index contributed by atoms with van der Waals surface area (Å²) in [6.07, 6.45) is 5.91. The van der Waals surface area contributed by atoms with Crippen molar-refractivity contribution >= 4 is 22.5 Å². The van der Waals surface area contributed by atoms with Crippen molar-refractivity contribution in [2.75, 3.05) is 11.9 Å². The number of amides is 1. The van der Waals surface area contributed by atoms with E-state index in [4.69, 9.17) is 0 Å². The predicted octanol–water partition coefficient (Wildman–Crippen LogP) is 4.28. The van der Waals surface area contributed by atoms with Crippen LogP contribution in [0.25, 0.3) is 10.9 Å². The van der Waals surface area contributed by atoms with Crippen molar-refractivity contribution < 1.29 is 4.79 Å². The van der Waals surface area contributed by atoms with Crippen LogP contribution in [0, 0.1) is 5.92 Å². The fraction of sp³-hybridized carbons (Fsp3) is 0.318. The average molecular weight is 345 g/mol. The predicted molar refractivity (Wildman–Crippen MR) is 105 cm³/mol. The van der Waals surface area contributed by atoms with E-state index in [0.717, 1.165) is 22.5 Å². The topological polar surface area (TPSA) is 56.9 Å². The Bertz CT molecular complexity index is 939. The van der Waals surface area contributed by atoms with E-state index in [1.807, 2.05) is 42.6 Å². The van der Waals surface area contributed by atoms with Gasteiger partial charge in [-0.3, -0.25) is 4.79 Å². The molecule has 2 unspecified atom stereocenters. The third kappa shape index (κ3) is 3.25. The SMILES string of the molecule is O=C(Nc1ccc(C2CC2NCC2CC2)cc1)c1ccc2[nH]ccc2c1. The van der Waals surface area contributed by atoms with Gasteiger partial charge in [-0.05, 0) is 73.7 Å². The van der Waals surface area contributed by atoms with E-state index in [1.54, 1.807) is 0 Å². The lowest BCUT2D eigenvalue weighted by Gasteiger charge is -2.07. The Hall–Kier alpha value is -2.59. The molecular weight excluding hydrogens is 322 g/mol. The molecule has 0 aliphatic heterocycles. The smallest absolute Gasteiger partial charge is 0.255 e. The van der Waals surface area contributed by atoms with Crippen molar-refractivity contribution in [1.82, 2.24) is 10.3 Å². The Balaban J connectivity index is 1.21. The fourth-order valence-corrected chi connectivity index (χ4v) is 3.64. The molecule has 2 saturated carbocycles. The van der Waals surface area contributed by atoms with Crippen LogP contribution in [0.15, 0.2) is 54.7 Å². The average Bonchev–Trinajstić information content (AvgIpc) is 3.57. The highest BCUT2D eigenvalue weighted by Crippen LogP contribution is 2.41. The van der Waals surface area contributed by atoms with Gasteiger partial charge < -0.3 is 15.6 Å². The molecule has 1 aromatic heterocycles. The minimum atomic E-state index is -0.0729. The van der Waals surface area contributed by atoms with Crippen LogP contribution in [0.3, 0.4) is 0 Å². The van der Waals surface area contributed by atoms with Gasteiger partial charge in [0.25, 0.3) is 5.91 Å². The van der Waals surface area contributed by atoms with E-state index in [9.17, 15) is 4.79 Å². The number of hydrogen-bond acceptors (Lipinski definition) is 2. The molecular formula is C22H23N3O. The van der Waals surface area contributed by atoms with Gasteiger partial charge in [-0.1, -0.05) is 12.1 Å². The molecule has 5 rings (SSSR count). The number of H-pyrrole nitrogens is 1. The highest BCUT2D eigenvalue weighted by molar-refractivity contribution is 6.06. The number of anilines is 1. The van der Waals surface area contributed by atoms with Crippen LogP contribution < -0.4 is 10.6 Å². The third-order valence-corrected chi connectivity index (χ3v) is 5.57. The van der Waals surface area contributed by atoms with Gasteiger partial charge in [0.1, 0.15) is 0 Å². The van der Waals surface area contributed by atoms with Crippen molar-refractivity contribution in [3.05, 3.63) is 65.9 Å². The van der Waals surface area contributed by atoms with Crippen LogP contribution in [-0.4, -0.2) is 23.5 Å². The van der Waals surface area contributed by atoms with Crippen LogP contribution in [0.2, 0.25) is 0 Å². The molecule has 132 valence electrons. The van der Waals surface area contributed by atoms with E-state index >= 15 is 0 Å². The van der Waals surface area contributed by atoms with Crippen LogP contribution in [0.1, 0.15) is 41.1 Å². The standard InChI is InChI=1S/C22H23N3O/c26-22(17-5-8-20-16(11-17)9-10-23-20)25-18-6-3-15(4-7-18)19-12-21(19)24-13-14-1-2-14/h3-11,14,19,21,23-24H,1-2,12-13H2,(H,25,26). The normalized spacial score (nSPS) is 21.7. The third-order valence-electron chi connectivity index (χ3n) is 5.57. The van der Waals surface area contributed by atoms with Gasteiger partial charge in [0, 0.05) is 40.3 Å². The first-order valence-electron chi connectivity index (χ1n) is 9.48. The van der Waals surface area contributed by atoms with Gasteiger partial charge in [-0.2, -0.15) is 0 Å². The maximum atomic E-state index is 12.5. The maximum absolute atomic E-state index is 12.5. The number of fused-ring (bicyclic) bond motifs is 1. The lowest BCUT2D eigenvalue weighted by Crippen LogP contribution is -2.20. The second-order valence-corrected chi connectivity index (χ2v) is 7.66. The Morgan fingerprint density at radius 2 is 1.92 bits per heavy atom. The minimum absolute atomic E-state index is 0.0729. The van der Waals surface area contributed by atoms with Crippen molar-refractivity contribution in [3.8, 4) is 0 Å². The van der Waals surface area contributed by atoms with E-state index in [1.165, 1.54) is 31.4 Å². The monoisotopic (exact) mass is 345 g/mol. The number of carbonyl (C=O) groups is 1. The number of hydrogen-bond donors (Lipinski definition) is 3. The van der Waals surface area contributed by atoms with Crippen LogP contribution in [-0.2, 0) is 0 Å². The summed E-state index contributed by atoms with van der Waals surface area (Å²) in [5, 5.41) is 7.72. The zero-order chi connectivity index (χ0) is 17.5. The number of benzene rings is 2. The van der Waals surface area contributed by atoms with Crippen molar-refractivity contribution in [2.45, 2.75) is 31.2 Å². The molecule has 0 saturated heterocycles. The molecule has 1 amide bonds. The first-order valence-corrected chi connectivity index (χ1v) is 9.48. The number of aromatic amines is 1. The van der Waals surface area contributed by atoms with E-state index in [2.05, 4.69) is 27.8 Å². The quantitative estimate of drug-likeness (QED) is 0.625. The van der Waals surface area contributed by atoms with Gasteiger partial charge in [0.2, 0.25) is 0 Å². The Morgan fingerprint density at radius 3 is 2.73 bits per heavy atom. The van der Waals surface area contributed by atoms with Gasteiger partial charge in [0.15, 0.2) is 0 Å². The molecule has 4 heteroatoms. The number of aromatic nitrogens is 1. The van der Waals surface area contributed by atoms with Crippen LogP contribution >= 0.6 is 0 Å². The lowest BCUT2D eigenvalue weighted by atomic mass is 10.1. The molecule has 3 aromatic rings. The number of nitrogens with one attached hydrogen (secondary N) is 3. The second kappa shape index (κ2) is 6.29. The largest absolute Gasteiger partial charge is 0.361 e. The maximum Gasteiger partial charge on any atom is 0.255 e. The van der Waals surface area contributed by atoms with Gasteiger partial charge in [-0.25, -0.2) is 0 Å². The second-order valence-electron chi connectivity index (χ2n) is 7.66. The highest BCUT2D eigenvalue weighted by atomic mass is 16.1. The van der Waals surface area contributed by atoms with E-state index < -0.39 is 0 Å². The summed E-state index contributed by atoms with van der Waals surface area (Å²) in [7, 11) is 0. The molecule has 26 heavy (non-hydrogen) atoms. The van der Waals surface area contributed by atoms with Crippen molar-refractivity contribution in [2.24, 2.45) is 5.92 Å². The molecule has 2 aliphatic rings. The van der Waals surface area contributed by atoms with Gasteiger partial charge in [-0.15, -0.1) is 0 Å². The molecule has 1 heterocycles. The minimum Gasteiger partial charge on any atom is -0.361 e. The summed E-state index contributed by atoms with van der Waals surface area (Å²) in [5.41, 5.74) is 3.92. The van der Waals surface area contributed by atoms with Crippen molar-refractivity contribution in [1.29, 1.82) is 0 Å². The zero-order valence-corrected chi connectivity index (χ0v) is 14.7. The molecule has 3 N–H and O–H groups in total. The molecule has 2 aromatic carbocycles. The first-order chi connectivity index (χ1) is 12.8. The summed E-state index contributed by atoms with van der Waals surface area (Å²) in [5.74, 6) is 1.49. The molecule has 2 aliphatic carbocycles. The zero-order valence-electron chi connectivity index (χ0n) is 14.7. The molecule has 4 nitrogen and oxygen atoms in total. The molecule has 2 atom stereocenters. The van der Waals surface area contributed by atoms with E-state index in [-0.39, 0.29) is 5.91 Å². The summed E-state index contributed by atoms with van der Waals surface area (Å²) in [4.78, 5) is 15.6. The van der Waals surface area contributed by atoms with Crippen LogP contribution in [0.4, 0.5) is 5.69 Å². The molecule has 0 radical (unpaired) electrons. The van der Waals surface area contributed by atoms with Gasteiger partial charge in [0.05, 0.1) is 0 Å².